The molecule has 85 valence electrons. The molecule has 0 aromatic rings. The molecule has 5 heteroatoms. The quantitative estimate of drug-likeness (QED) is 0.451. The average Bonchev–Trinajstić information content (AvgIpc) is 2.21. The molecule has 0 aromatic carbocycles. The molecule has 0 amide bonds. The van der Waals surface area contributed by atoms with Crippen molar-refractivity contribution in [1.82, 2.24) is 0 Å². The van der Waals surface area contributed by atoms with Gasteiger partial charge in [0.1, 0.15) is 6.61 Å². The summed E-state index contributed by atoms with van der Waals surface area (Å²) in [6.07, 6.45) is 0. The number of methoxy groups -OCH3 is 1. The Labute approximate surface area is 84.9 Å². The van der Waals surface area contributed by atoms with Crippen LogP contribution in [-0.4, -0.2) is 60.0 Å². The van der Waals surface area contributed by atoms with Gasteiger partial charge < -0.3 is 18.9 Å². The Balaban J connectivity index is 2.78. The van der Waals surface area contributed by atoms with Gasteiger partial charge in [0.15, 0.2) is 0 Å². The summed E-state index contributed by atoms with van der Waals surface area (Å²) in [5.41, 5.74) is 0. The molecule has 14 heavy (non-hydrogen) atoms. The Bertz CT molecular complexity index is 87.2. The molecule has 0 bridgehead atoms. The summed E-state index contributed by atoms with van der Waals surface area (Å²) in [6.45, 7) is 3.34. The van der Waals surface area contributed by atoms with Crippen molar-refractivity contribution >= 4 is 0 Å². The number of ether oxygens (including phenoxy) is 4. The molecule has 0 heterocycles. The number of hydrogen-bond acceptors (Lipinski definition) is 4. The SMILES string of the molecule is COCCOCCOCCOCC[O]. The van der Waals surface area contributed by atoms with Crippen molar-refractivity contribution in [2.45, 2.75) is 0 Å². The Morgan fingerprint density at radius 1 is 0.714 bits per heavy atom. The molecular formula is C9H19O5. The molecule has 1 radical (unpaired) electrons. The van der Waals surface area contributed by atoms with Crippen LogP contribution in [0.15, 0.2) is 0 Å². The molecule has 0 aromatic heterocycles. The van der Waals surface area contributed by atoms with Gasteiger partial charge in [-0.15, -0.1) is 0 Å². The van der Waals surface area contributed by atoms with Crippen LogP contribution in [0.5, 0.6) is 0 Å². The van der Waals surface area contributed by atoms with Gasteiger partial charge in [-0.1, -0.05) is 0 Å². The first-order valence-electron chi connectivity index (χ1n) is 4.72. The normalized spacial score (nSPS) is 10.7. The molecule has 0 atom stereocenters. The fourth-order valence-electron chi connectivity index (χ4n) is 0.743. The Morgan fingerprint density at radius 3 is 1.57 bits per heavy atom. The van der Waals surface area contributed by atoms with E-state index in [4.69, 9.17) is 18.9 Å². The van der Waals surface area contributed by atoms with E-state index in [0.29, 0.717) is 39.6 Å². The molecular weight excluding hydrogens is 188 g/mol. The smallest absolute Gasteiger partial charge is 0.106 e. The second kappa shape index (κ2) is 12.8. The van der Waals surface area contributed by atoms with Gasteiger partial charge in [0.2, 0.25) is 0 Å². The maximum Gasteiger partial charge on any atom is 0.106 e. The van der Waals surface area contributed by atoms with Crippen molar-refractivity contribution in [3.63, 3.8) is 0 Å². The summed E-state index contributed by atoms with van der Waals surface area (Å²) >= 11 is 0. The van der Waals surface area contributed by atoms with Gasteiger partial charge in [-0.05, 0) is 0 Å². The fourth-order valence-corrected chi connectivity index (χ4v) is 0.743. The summed E-state index contributed by atoms with van der Waals surface area (Å²) in [6, 6.07) is 0. The lowest BCUT2D eigenvalue weighted by atomic mass is 10.7. The van der Waals surface area contributed by atoms with Crippen molar-refractivity contribution in [3.05, 3.63) is 0 Å². The third-order valence-corrected chi connectivity index (χ3v) is 1.40. The third-order valence-electron chi connectivity index (χ3n) is 1.40. The molecule has 0 aliphatic carbocycles. The second-order valence-corrected chi connectivity index (χ2v) is 2.53. The van der Waals surface area contributed by atoms with Crippen LogP contribution in [0.2, 0.25) is 0 Å². The van der Waals surface area contributed by atoms with Crippen molar-refractivity contribution in [2.75, 3.05) is 60.0 Å². The van der Waals surface area contributed by atoms with Gasteiger partial charge in [-0.25, -0.2) is 5.11 Å². The van der Waals surface area contributed by atoms with E-state index in [1.165, 1.54) is 0 Å². The number of rotatable bonds is 11. The highest BCUT2D eigenvalue weighted by molar-refractivity contribution is 4.33. The lowest BCUT2D eigenvalue weighted by Gasteiger charge is -2.05. The molecule has 0 saturated carbocycles. The second-order valence-electron chi connectivity index (χ2n) is 2.53. The summed E-state index contributed by atoms with van der Waals surface area (Å²) in [4.78, 5) is 0. The van der Waals surface area contributed by atoms with Gasteiger partial charge in [-0.2, -0.15) is 0 Å². The van der Waals surface area contributed by atoms with Crippen LogP contribution in [0.1, 0.15) is 0 Å². The van der Waals surface area contributed by atoms with Crippen LogP contribution in [0, 0.1) is 0 Å². The van der Waals surface area contributed by atoms with Crippen LogP contribution in [0.4, 0.5) is 0 Å². The Hall–Kier alpha value is -0.200. The molecule has 5 nitrogen and oxygen atoms in total. The van der Waals surface area contributed by atoms with E-state index in [1.807, 2.05) is 0 Å². The van der Waals surface area contributed by atoms with Crippen molar-refractivity contribution in [2.24, 2.45) is 0 Å². The van der Waals surface area contributed by atoms with E-state index in [0.717, 1.165) is 0 Å². The summed E-state index contributed by atoms with van der Waals surface area (Å²) in [5.74, 6) is 0. The first kappa shape index (κ1) is 13.8. The van der Waals surface area contributed by atoms with E-state index < -0.39 is 0 Å². The highest BCUT2D eigenvalue weighted by atomic mass is 16.6. The fraction of sp³-hybridized carbons (Fsp3) is 1.00. The molecule has 0 aliphatic rings. The third kappa shape index (κ3) is 11.8. The molecule has 0 spiro atoms. The predicted molar refractivity (Wildman–Crippen MR) is 49.9 cm³/mol. The van der Waals surface area contributed by atoms with E-state index in [9.17, 15) is 5.11 Å². The minimum absolute atomic E-state index is 0.194. The number of hydrogen-bond donors (Lipinski definition) is 0. The topological polar surface area (TPSA) is 56.8 Å². The molecule has 0 fully saturated rings. The molecule has 0 rings (SSSR count). The van der Waals surface area contributed by atoms with Crippen LogP contribution >= 0.6 is 0 Å². The van der Waals surface area contributed by atoms with E-state index in [-0.39, 0.29) is 13.2 Å². The van der Waals surface area contributed by atoms with Crippen LogP contribution in [-0.2, 0) is 24.1 Å². The molecule has 0 N–H and O–H groups in total. The van der Waals surface area contributed by atoms with Gasteiger partial charge in [-0.3, -0.25) is 0 Å². The largest absolute Gasteiger partial charge is 0.382 e. The van der Waals surface area contributed by atoms with Crippen molar-refractivity contribution in [1.29, 1.82) is 0 Å². The summed E-state index contributed by atoms with van der Waals surface area (Å²) in [5, 5.41) is 9.97. The van der Waals surface area contributed by atoms with Crippen molar-refractivity contribution in [3.8, 4) is 0 Å². The lowest BCUT2D eigenvalue weighted by Crippen LogP contribution is -2.12. The van der Waals surface area contributed by atoms with Crippen LogP contribution in [0.3, 0.4) is 0 Å². The van der Waals surface area contributed by atoms with Gasteiger partial charge in [0.25, 0.3) is 0 Å². The summed E-state index contributed by atoms with van der Waals surface area (Å²) in [7, 11) is 1.63. The predicted octanol–water partition coefficient (Wildman–Crippen LogP) is 0.113. The zero-order chi connectivity index (χ0) is 10.5. The molecule has 0 unspecified atom stereocenters. The zero-order valence-electron chi connectivity index (χ0n) is 8.70. The molecule has 0 saturated heterocycles. The van der Waals surface area contributed by atoms with E-state index in [2.05, 4.69) is 0 Å². The maximum atomic E-state index is 9.97. The maximum absolute atomic E-state index is 9.97. The Kier molecular flexibility index (Phi) is 12.6. The highest BCUT2D eigenvalue weighted by Gasteiger charge is 1.90. The average molecular weight is 207 g/mol. The van der Waals surface area contributed by atoms with Gasteiger partial charge in [0, 0.05) is 7.11 Å². The van der Waals surface area contributed by atoms with Crippen molar-refractivity contribution < 1.29 is 24.1 Å². The summed E-state index contributed by atoms with van der Waals surface area (Å²) < 4.78 is 20.1. The molecule has 0 aliphatic heterocycles. The Morgan fingerprint density at radius 2 is 1.14 bits per heavy atom. The minimum Gasteiger partial charge on any atom is -0.382 e. The first-order chi connectivity index (χ1) is 6.91. The lowest BCUT2D eigenvalue weighted by molar-refractivity contribution is -0.00541. The standard InChI is InChI=1S/C9H19O5/c1-11-4-5-13-8-9-14-7-6-12-3-2-10/h2-9H2,1H3. The zero-order valence-corrected chi connectivity index (χ0v) is 8.70. The minimum atomic E-state index is -0.194. The first-order valence-corrected chi connectivity index (χ1v) is 4.72. The van der Waals surface area contributed by atoms with Gasteiger partial charge in [0.05, 0.1) is 46.2 Å². The monoisotopic (exact) mass is 207 g/mol. The van der Waals surface area contributed by atoms with Crippen LogP contribution in [0.25, 0.3) is 0 Å². The van der Waals surface area contributed by atoms with E-state index >= 15 is 0 Å². The highest BCUT2D eigenvalue weighted by Crippen LogP contribution is 1.81. The van der Waals surface area contributed by atoms with Crippen LogP contribution < -0.4 is 0 Å². The van der Waals surface area contributed by atoms with E-state index in [1.54, 1.807) is 7.11 Å². The van der Waals surface area contributed by atoms with Gasteiger partial charge >= 0.3 is 0 Å².